The van der Waals surface area contributed by atoms with Crippen LogP contribution in [0.5, 0.6) is 0 Å². The first-order valence-electron chi connectivity index (χ1n) is 5.76. The number of hydrogen-bond acceptors (Lipinski definition) is 5. The molecule has 1 unspecified atom stereocenters. The SMILES string of the molecule is CCc1nsc(NC(CN(C)C)C(C)C)n1. The van der Waals surface area contributed by atoms with E-state index >= 15 is 0 Å². The molecule has 0 saturated heterocycles. The summed E-state index contributed by atoms with van der Waals surface area (Å²) in [4.78, 5) is 6.63. The van der Waals surface area contributed by atoms with Crippen molar-refractivity contribution < 1.29 is 0 Å². The molecule has 0 aliphatic rings. The maximum absolute atomic E-state index is 4.44. The van der Waals surface area contributed by atoms with Crippen molar-refractivity contribution in [2.75, 3.05) is 26.0 Å². The van der Waals surface area contributed by atoms with Gasteiger partial charge in [0.2, 0.25) is 5.13 Å². The Morgan fingerprint density at radius 1 is 1.38 bits per heavy atom. The zero-order valence-corrected chi connectivity index (χ0v) is 11.6. The van der Waals surface area contributed by atoms with Crippen molar-refractivity contribution in [1.29, 1.82) is 0 Å². The van der Waals surface area contributed by atoms with Gasteiger partial charge >= 0.3 is 0 Å². The van der Waals surface area contributed by atoms with Gasteiger partial charge in [-0.2, -0.15) is 4.37 Å². The molecule has 0 aromatic carbocycles. The fourth-order valence-electron chi connectivity index (χ4n) is 1.43. The Labute approximate surface area is 102 Å². The Hall–Kier alpha value is -0.680. The summed E-state index contributed by atoms with van der Waals surface area (Å²) in [6.45, 7) is 7.54. The van der Waals surface area contributed by atoms with E-state index in [2.05, 4.69) is 54.4 Å². The van der Waals surface area contributed by atoms with Crippen LogP contribution in [0.25, 0.3) is 0 Å². The van der Waals surface area contributed by atoms with Gasteiger partial charge in [-0.3, -0.25) is 0 Å². The van der Waals surface area contributed by atoms with Gasteiger partial charge in [0.1, 0.15) is 5.82 Å². The van der Waals surface area contributed by atoms with E-state index in [4.69, 9.17) is 0 Å². The lowest BCUT2D eigenvalue weighted by Gasteiger charge is -2.25. The Morgan fingerprint density at radius 3 is 2.50 bits per heavy atom. The zero-order valence-electron chi connectivity index (χ0n) is 10.8. The fourth-order valence-corrected chi connectivity index (χ4v) is 2.14. The van der Waals surface area contributed by atoms with Gasteiger partial charge in [0, 0.05) is 30.5 Å². The second kappa shape index (κ2) is 6.15. The van der Waals surface area contributed by atoms with Gasteiger partial charge in [-0.15, -0.1) is 0 Å². The Morgan fingerprint density at radius 2 is 2.06 bits per heavy atom. The molecule has 0 radical (unpaired) electrons. The first-order chi connectivity index (χ1) is 7.52. The number of hydrogen-bond donors (Lipinski definition) is 1. The average molecular weight is 242 g/mol. The van der Waals surface area contributed by atoms with E-state index in [-0.39, 0.29) is 0 Å². The molecule has 0 bridgehead atoms. The standard InChI is InChI=1S/C11H22N4S/c1-6-10-13-11(16-14-10)12-9(8(2)3)7-15(4)5/h8-9H,6-7H2,1-5H3,(H,12,13,14). The predicted molar refractivity (Wildman–Crippen MR) is 70.1 cm³/mol. The summed E-state index contributed by atoms with van der Waals surface area (Å²) in [6.07, 6.45) is 0.901. The molecule has 0 saturated carbocycles. The third-order valence-electron chi connectivity index (χ3n) is 2.46. The summed E-state index contributed by atoms with van der Waals surface area (Å²) in [5.74, 6) is 1.51. The normalized spacial score (nSPS) is 13.4. The Balaban J connectivity index is 2.60. The third kappa shape index (κ3) is 4.06. The Bertz CT molecular complexity index is 309. The molecule has 0 spiro atoms. The number of nitrogens with zero attached hydrogens (tertiary/aromatic N) is 3. The lowest BCUT2D eigenvalue weighted by atomic mass is 10.0. The molecule has 5 heteroatoms. The summed E-state index contributed by atoms with van der Waals surface area (Å²) in [5, 5.41) is 4.41. The molecular formula is C11H22N4S. The quantitative estimate of drug-likeness (QED) is 0.829. The van der Waals surface area contributed by atoms with Crippen LogP contribution in [0, 0.1) is 5.92 Å². The third-order valence-corrected chi connectivity index (χ3v) is 3.14. The van der Waals surface area contributed by atoms with E-state index in [9.17, 15) is 0 Å². The van der Waals surface area contributed by atoms with Crippen LogP contribution in [0.2, 0.25) is 0 Å². The van der Waals surface area contributed by atoms with Crippen molar-refractivity contribution in [2.45, 2.75) is 33.2 Å². The Kier molecular flexibility index (Phi) is 5.15. The van der Waals surface area contributed by atoms with Crippen molar-refractivity contribution in [1.82, 2.24) is 14.3 Å². The van der Waals surface area contributed by atoms with Gasteiger partial charge < -0.3 is 10.2 Å². The molecule has 92 valence electrons. The predicted octanol–water partition coefficient (Wildman–Crippen LogP) is 2.10. The van der Waals surface area contributed by atoms with Crippen molar-refractivity contribution in [3.05, 3.63) is 5.82 Å². The number of rotatable bonds is 6. The molecule has 4 nitrogen and oxygen atoms in total. The van der Waals surface area contributed by atoms with Crippen LogP contribution in [0.15, 0.2) is 0 Å². The fraction of sp³-hybridized carbons (Fsp3) is 0.818. The molecule has 16 heavy (non-hydrogen) atoms. The summed E-state index contributed by atoms with van der Waals surface area (Å²) < 4.78 is 4.28. The van der Waals surface area contributed by atoms with Gasteiger partial charge in [-0.1, -0.05) is 20.8 Å². The molecule has 0 aliphatic carbocycles. The molecular weight excluding hydrogens is 220 g/mol. The van der Waals surface area contributed by atoms with Crippen LogP contribution in [0.1, 0.15) is 26.6 Å². The number of aryl methyl sites for hydroxylation is 1. The highest BCUT2D eigenvalue weighted by Crippen LogP contribution is 2.16. The minimum absolute atomic E-state index is 0.424. The molecule has 1 heterocycles. The number of anilines is 1. The molecule has 0 fully saturated rings. The molecule has 1 rings (SSSR count). The highest BCUT2D eigenvalue weighted by atomic mass is 32.1. The maximum atomic E-state index is 4.44. The molecule has 0 amide bonds. The molecule has 1 aromatic rings. The largest absolute Gasteiger partial charge is 0.356 e. The summed E-state index contributed by atoms with van der Waals surface area (Å²) >= 11 is 1.46. The minimum Gasteiger partial charge on any atom is -0.356 e. The maximum Gasteiger partial charge on any atom is 0.202 e. The monoisotopic (exact) mass is 242 g/mol. The highest BCUT2D eigenvalue weighted by molar-refractivity contribution is 7.09. The minimum atomic E-state index is 0.424. The van der Waals surface area contributed by atoms with Gasteiger partial charge in [0.05, 0.1) is 0 Å². The second-order valence-corrected chi connectivity index (χ2v) is 5.38. The van der Waals surface area contributed by atoms with Crippen LogP contribution < -0.4 is 5.32 Å². The van der Waals surface area contributed by atoms with E-state index in [1.165, 1.54) is 11.5 Å². The van der Waals surface area contributed by atoms with Gasteiger partial charge in [-0.05, 0) is 20.0 Å². The van der Waals surface area contributed by atoms with Crippen LogP contribution in [0.4, 0.5) is 5.13 Å². The summed E-state index contributed by atoms with van der Waals surface area (Å²) in [5.41, 5.74) is 0. The molecule has 1 N–H and O–H groups in total. The first kappa shape index (κ1) is 13.4. The smallest absolute Gasteiger partial charge is 0.202 e. The highest BCUT2D eigenvalue weighted by Gasteiger charge is 2.15. The van der Waals surface area contributed by atoms with Crippen LogP contribution in [-0.4, -0.2) is 40.9 Å². The van der Waals surface area contributed by atoms with Crippen molar-refractivity contribution in [2.24, 2.45) is 5.92 Å². The van der Waals surface area contributed by atoms with E-state index in [1.54, 1.807) is 0 Å². The first-order valence-corrected chi connectivity index (χ1v) is 6.54. The zero-order chi connectivity index (χ0) is 12.1. The molecule has 1 aromatic heterocycles. The van der Waals surface area contributed by atoms with Crippen molar-refractivity contribution in [3.63, 3.8) is 0 Å². The lowest BCUT2D eigenvalue weighted by Crippen LogP contribution is -2.36. The second-order valence-electron chi connectivity index (χ2n) is 4.63. The average Bonchev–Trinajstić information content (AvgIpc) is 2.63. The summed E-state index contributed by atoms with van der Waals surface area (Å²) in [6, 6.07) is 0.424. The van der Waals surface area contributed by atoms with Gasteiger partial charge in [0.15, 0.2) is 0 Å². The van der Waals surface area contributed by atoms with Gasteiger partial charge in [0.25, 0.3) is 0 Å². The lowest BCUT2D eigenvalue weighted by molar-refractivity contribution is 0.344. The van der Waals surface area contributed by atoms with E-state index in [1.807, 2.05) is 0 Å². The number of nitrogens with one attached hydrogen (secondary N) is 1. The van der Waals surface area contributed by atoms with E-state index < -0.39 is 0 Å². The molecule has 1 atom stereocenters. The van der Waals surface area contributed by atoms with Crippen LogP contribution in [-0.2, 0) is 6.42 Å². The number of aromatic nitrogens is 2. The topological polar surface area (TPSA) is 41.1 Å². The van der Waals surface area contributed by atoms with Crippen LogP contribution in [0.3, 0.4) is 0 Å². The molecule has 0 aliphatic heterocycles. The van der Waals surface area contributed by atoms with E-state index in [0.717, 1.165) is 23.9 Å². The van der Waals surface area contributed by atoms with Crippen molar-refractivity contribution >= 4 is 16.7 Å². The van der Waals surface area contributed by atoms with Gasteiger partial charge in [-0.25, -0.2) is 4.98 Å². The summed E-state index contributed by atoms with van der Waals surface area (Å²) in [7, 11) is 4.18. The van der Waals surface area contributed by atoms with Crippen molar-refractivity contribution in [3.8, 4) is 0 Å². The van der Waals surface area contributed by atoms with Crippen LogP contribution >= 0.6 is 11.5 Å². The van der Waals surface area contributed by atoms with E-state index in [0.29, 0.717) is 12.0 Å². The number of likely N-dealkylation sites (N-methyl/N-ethyl adjacent to an activating group) is 1.